The van der Waals surface area contributed by atoms with Gasteiger partial charge in [0.2, 0.25) is 10.0 Å². The van der Waals surface area contributed by atoms with Gasteiger partial charge < -0.3 is 9.84 Å². The molecule has 0 amide bonds. The molecule has 0 aromatic heterocycles. The van der Waals surface area contributed by atoms with Gasteiger partial charge in [-0.15, -0.1) is 0 Å². The Kier molecular flexibility index (Phi) is 7.47. The number of rotatable bonds is 9. The Labute approximate surface area is 120 Å². The van der Waals surface area contributed by atoms with Crippen LogP contribution in [0.15, 0.2) is 0 Å². The van der Waals surface area contributed by atoms with Crippen LogP contribution >= 0.6 is 0 Å². The lowest BCUT2D eigenvalue weighted by molar-refractivity contribution is -0.145. The standard InChI is InChI=1S/C13H25NO5S/c1-19-13(16)11-7-6-8-12(11)20(17,18)14-9-4-2-3-5-10-15/h11-12,14-15H,2-10H2,1H3. The Hall–Kier alpha value is -0.660. The second kappa shape index (κ2) is 8.59. The summed E-state index contributed by atoms with van der Waals surface area (Å²) in [4.78, 5) is 11.6. The van der Waals surface area contributed by atoms with E-state index >= 15 is 0 Å². The van der Waals surface area contributed by atoms with Gasteiger partial charge in [-0.2, -0.15) is 0 Å². The highest BCUT2D eigenvalue weighted by Crippen LogP contribution is 2.31. The van der Waals surface area contributed by atoms with E-state index in [1.807, 2.05) is 0 Å². The van der Waals surface area contributed by atoms with Crippen LogP contribution in [0.25, 0.3) is 0 Å². The van der Waals surface area contributed by atoms with Gasteiger partial charge in [0.05, 0.1) is 18.3 Å². The summed E-state index contributed by atoms with van der Waals surface area (Å²) in [5.41, 5.74) is 0. The lowest BCUT2D eigenvalue weighted by Crippen LogP contribution is -2.39. The van der Waals surface area contributed by atoms with Crippen LogP contribution in [-0.4, -0.2) is 45.0 Å². The van der Waals surface area contributed by atoms with Gasteiger partial charge in [0.15, 0.2) is 0 Å². The van der Waals surface area contributed by atoms with Crippen molar-refractivity contribution >= 4 is 16.0 Å². The lowest BCUT2D eigenvalue weighted by Gasteiger charge is -2.18. The van der Waals surface area contributed by atoms with Gasteiger partial charge in [-0.1, -0.05) is 19.3 Å². The zero-order valence-corrected chi connectivity index (χ0v) is 12.8. The number of methoxy groups -OCH3 is 1. The number of carbonyl (C=O) groups is 1. The monoisotopic (exact) mass is 307 g/mol. The molecule has 1 fully saturated rings. The Balaban J connectivity index is 2.41. The molecular weight excluding hydrogens is 282 g/mol. The molecule has 0 saturated heterocycles. The topological polar surface area (TPSA) is 92.7 Å². The fourth-order valence-electron chi connectivity index (χ4n) is 2.63. The molecule has 118 valence electrons. The van der Waals surface area contributed by atoms with Crippen LogP contribution in [0, 0.1) is 5.92 Å². The number of esters is 1. The molecule has 1 aliphatic carbocycles. The highest BCUT2D eigenvalue weighted by atomic mass is 32.2. The normalized spacial score (nSPS) is 22.9. The molecule has 0 aliphatic heterocycles. The summed E-state index contributed by atoms with van der Waals surface area (Å²) in [5.74, 6) is -0.965. The fourth-order valence-corrected chi connectivity index (χ4v) is 4.43. The van der Waals surface area contributed by atoms with E-state index in [1.54, 1.807) is 0 Å². The Bertz CT molecular complexity index is 396. The van der Waals surface area contributed by atoms with Crippen LogP contribution in [0.2, 0.25) is 0 Å². The average Bonchev–Trinajstić information content (AvgIpc) is 2.92. The van der Waals surface area contributed by atoms with E-state index in [0.29, 0.717) is 19.4 Å². The van der Waals surface area contributed by atoms with Gasteiger partial charge in [-0.05, 0) is 25.7 Å². The van der Waals surface area contributed by atoms with Crippen molar-refractivity contribution < 1.29 is 23.1 Å². The highest BCUT2D eigenvalue weighted by molar-refractivity contribution is 7.90. The van der Waals surface area contributed by atoms with Crippen molar-refractivity contribution in [3.63, 3.8) is 0 Å². The first-order valence-electron chi connectivity index (χ1n) is 7.20. The molecule has 2 atom stereocenters. The van der Waals surface area contributed by atoms with Gasteiger partial charge >= 0.3 is 5.97 Å². The van der Waals surface area contributed by atoms with Crippen molar-refractivity contribution in [3.8, 4) is 0 Å². The first-order valence-corrected chi connectivity index (χ1v) is 8.74. The third kappa shape index (κ3) is 5.03. The molecular formula is C13H25NO5S. The molecule has 1 rings (SSSR count). The van der Waals surface area contributed by atoms with Gasteiger partial charge in [-0.25, -0.2) is 13.1 Å². The number of sulfonamides is 1. The molecule has 0 spiro atoms. The fraction of sp³-hybridized carbons (Fsp3) is 0.923. The van der Waals surface area contributed by atoms with Gasteiger partial charge in [0, 0.05) is 13.2 Å². The second-order valence-corrected chi connectivity index (χ2v) is 7.16. The van der Waals surface area contributed by atoms with Crippen molar-refractivity contribution in [2.45, 2.75) is 50.2 Å². The molecule has 20 heavy (non-hydrogen) atoms. The van der Waals surface area contributed by atoms with Crippen LogP contribution in [0.1, 0.15) is 44.9 Å². The van der Waals surface area contributed by atoms with Gasteiger partial charge in [-0.3, -0.25) is 4.79 Å². The van der Waals surface area contributed by atoms with Gasteiger partial charge in [0.25, 0.3) is 0 Å². The first-order chi connectivity index (χ1) is 9.53. The molecule has 1 saturated carbocycles. The minimum Gasteiger partial charge on any atom is -0.469 e. The number of hydrogen-bond acceptors (Lipinski definition) is 5. The molecule has 6 nitrogen and oxygen atoms in total. The number of carbonyl (C=O) groups excluding carboxylic acids is 1. The minimum absolute atomic E-state index is 0.175. The predicted molar refractivity (Wildman–Crippen MR) is 75.6 cm³/mol. The molecule has 0 bridgehead atoms. The molecule has 0 aromatic carbocycles. The van der Waals surface area contributed by atoms with E-state index in [9.17, 15) is 13.2 Å². The van der Waals surface area contributed by atoms with E-state index in [1.165, 1.54) is 7.11 Å². The first kappa shape index (κ1) is 17.4. The zero-order valence-electron chi connectivity index (χ0n) is 12.0. The van der Waals surface area contributed by atoms with E-state index in [0.717, 1.165) is 32.1 Å². The number of unbranched alkanes of at least 4 members (excludes halogenated alkanes) is 3. The zero-order chi connectivity index (χ0) is 15.0. The number of aliphatic hydroxyl groups is 1. The highest BCUT2D eigenvalue weighted by Gasteiger charge is 2.41. The van der Waals surface area contributed by atoms with Crippen LogP contribution in [-0.2, 0) is 19.6 Å². The summed E-state index contributed by atoms with van der Waals surface area (Å²) in [6.07, 6.45) is 5.10. The van der Waals surface area contributed by atoms with E-state index in [2.05, 4.69) is 9.46 Å². The third-order valence-corrected chi connectivity index (χ3v) is 5.71. The molecule has 1 aliphatic rings. The van der Waals surface area contributed by atoms with Crippen molar-refractivity contribution in [1.29, 1.82) is 0 Å². The van der Waals surface area contributed by atoms with E-state index in [-0.39, 0.29) is 6.61 Å². The van der Waals surface area contributed by atoms with Crippen molar-refractivity contribution in [3.05, 3.63) is 0 Å². The summed E-state index contributed by atoms with van der Waals surface area (Å²) in [6.45, 7) is 0.562. The molecule has 7 heteroatoms. The molecule has 0 radical (unpaired) electrons. The molecule has 0 aromatic rings. The number of hydrogen-bond donors (Lipinski definition) is 2. The second-order valence-electron chi connectivity index (χ2n) is 5.18. The average molecular weight is 307 g/mol. The maximum absolute atomic E-state index is 12.2. The number of nitrogens with one attached hydrogen (secondary N) is 1. The lowest BCUT2D eigenvalue weighted by atomic mass is 10.1. The summed E-state index contributed by atoms with van der Waals surface area (Å²) in [5, 5.41) is 7.99. The van der Waals surface area contributed by atoms with Crippen LogP contribution in [0.4, 0.5) is 0 Å². The van der Waals surface area contributed by atoms with Crippen molar-refractivity contribution in [2.24, 2.45) is 5.92 Å². The molecule has 0 heterocycles. The minimum atomic E-state index is -3.46. The SMILES string of the molecule is COC(=O)C1CCCC1S(=O)(=O)NCCCCCCO. The summed E-state index contributed by atoms with van der Waals surface area (Å²) in [6, 6.07) is 0. The Morgan fingerprint density at radius 2 is 1.95 bits per heavy atom. The predicted octanol–water partition coefficient (Wildman–Crippen LogP) is 0.800. The van der Waals surface area contributed by atoms with E-state index in [4.69, 9.17) is 5.11 Å². The van der Waals surface area contributed by atoms with Crippen molar-refractivity contribution in [2.75, 3.05) is 20.3 Å². The smallest absolute Gasteiger partial charge is 0.310 e. The Morgan fingerprint density at radius 1 is 1.25 bits per heavy atom. The summed E-state index contributed by atoms with van der Waals surface area (Å²) in [7, 11) is -2.17. The van der Waals surface area contributed by atoms with Crippen LogP contribution in [0.3, 0.4) is 0 Å². The van der Waals surface area contributed by atoms with Crippen LogP contribution < -0.4 is 4.72 Å². The molecule has 2 unspecified atom stereocenters. The summed E-state index contributed by atoms with van der Waals surface area (Å²) >= 11 is 0. The molecule has 2 N–H and O–H groups in total. The maximum atomic E-state index is 12.2. The maximum Gasteiger partial charge on any atom is 0.310 e. The number of aliphatic hydroxyl groups excluding tert-OH is 1. The number of ether oxygens (including phenoxy) is 1. The van der Waals surface area contributed by atoms with Crippen LogP contribution in [0.5, 0.6) is 0 Å². The third-order valence-electron chi connectivity index (χ3n) is 3.74. The van der Waals surface area contributed by atoms with E-state index < -0.39 is 27.2 Å². The quantitative estimate of drug-likeness (QED) is 0.485. The van der Waals surface area contributed by atoms with Crippen molar-refractivity contribution in [1.82, 2.24) is 4.72 Å². The Morgan fingerprint density at radius 3 is 2.60 bits per heavy atom. The van der Waals surface area contributed by atoms with Gasteiger partial charge in [0.1, 0.15) is 0 Å². The largest absolute Gasteiger partial charge is 0.469 e. The summed E-state index contributed by atoms with van der Waals surface area (Å²) < 4.78 is 31.7.